The molecular weight excluding hydrogens is 1010 g/mol. The van der Waals surface area contributed by atoms with E-state index in [2.05, 4.69) is 17.6 Å². The second-order valence-electron chi connectivity index (χ2n) is 18.9. The van der Waals surface area contributed by atoms with Crippen LogP contribution >= 0.6 is 0 Å². The van der Waals surface area contributed by atoms with Crippen LogP contribution in [0.5, 0.6) is 0 Å². The minimum atomic E-state index is -1.02. The number of hydrogen-bond donors (Lipinski definition) is 2. The van der Waals surface area contributed by atoms with E-state index in [1.807, 2.05) is 0 Å². The lowest BCUT2D eigenvalue weighted by Crippen LogP contribution is -2.54. The van der Waals surface area contributed by atoms with Crippen molar-refractivity contribution in [2.45, 2.75) is 129 Å². The summed E-state index contributed by atoms with van der Waals surface area (Å²) in [6, 6.07) is 3.90. The van der Waals surface area contributed by atoms with Gasteiger partial charge >= 0.3 is 5.97 Å². The van der Waals surface area contributed by atoms with Crippen molar-refractivity contribution in [2.24, 2.45) is 0 Å². The van der Waals surface area contributed by atoms with E-state index in [0.29, 0.717) is 177 Å². The van der Waals surface area contributed by atoms with Gasteiger partial charge in [-0.25, -0.2) is 0 Å². The SMILES string of the molecule is CCCCCCCCCCCCCCCCCC(=O)OCCOCCOCCOCCOCCOCCOCCOCCOCCOCCOCCOCCOCCNc1cccc2c1C(=O)N(C1CCC(=O)NC1=O)C2=O. The summed E-state index contributed by atoms with van der Waals surface area (Å²) in [5, 5.41) is 5.34. The monoisotopic (exact) mass is 1110 g/mol. The van der Waals surface area contributed by atoms with Crippen molar-refractivity contribution in [3.8, 4) is 0 Å². The number of ether oxygens (including phenoxy) is 13. The molecule has 1 unspecified atom stereocenters. The number of unbranched alkanes of at least 4 members (excludes halogenated alkanes) is 14. The van der Waals surface area contributed by atoms with E-state index in [4.69, 9.17) is 61.6 Å². The molecule has 21 heteroatoms. The van der Waals surface area contributed by atoms with Gasteiger partial charge in [0, 0.05) is 25.1 Å². The summed E-state index contributed by atoms with van der Waals surface area (Å²) in [7, 11) is 0. The molecule has 2 aliphatic rings. The molecule has 1 aromatic rings. The van der Waals surface area contributed by atoms with Gasteiger partial charge in [0.1, 0.15) is 12.6 Å². The van der Waals surface area contributed by atoms with Crippen LogP contribution in [0.1, 0.15) is 143 Å². The number of benzene rings is 1. The number of esters is 1. The number of anilines is 1. The summed E-state index contributed by atoms with van der Waals surface area (Å²) in [5.74, 6) is -2.32. The number of hydrogen-bond acceptors (Lipinski definition) is 19. The van der Waals surface area contributed by atoms with Gasteiger partial charge in [0.25, 0.3) is 11.8 Å². The number of imide groups is 2. The molecular formula is C57H97N3O18. The Morgan fingerprint density at radius 1 is 0.474 bits per heavy atom. The molecule has 448 valence electrons. The minimum Gasteiger partial charge on any atom is -0.463 e. The van der Waals surface area contributed by atoms with Crippen molar-refractivity contribution in [3.63, 3.8) is 0 Å². The highest BCUT2D eigenvalue weighted by atomic mass is 16.6. The van der Waals surface area contributed by atoms with Gasteiger partial charge in [-0.1, -0.05) is 103 Å². The van der Waals surface area contributed by atoms with Crippen molar-refractivity contribution >= 4 is 35.3 Å². The number of amides is 4. The van der Waals surface area contributed by atoms with Crippen LogP contribution in [0, 0.1) is 0 Å². The van der Waals surface area contributed by atoms with Crippen LogP contribution in [0.15, 0.2) is 18.2 Å². The molecule has 0 radical (unpaired) electrons. The largest absolute Gasteiger partial charge is 0.463 e. The molecule has 0 spiro atoms. The topological polar surface area (TPSA) is 233 Å². The summed E-state index contributed by atoms with van der Waals surface area (Å²) in [6.07, 6.45) is 20.2. The predicted octanol–water partition coefficient (Wildman–Crippen LogP) is 6.50. The standard InChI is InChI=1S/C57H97N3O18/c1-2-3-4-5-6-7-8-9-10-11-12-13-14-15-16-20-53(62)78-48-47-77-46-45-76-44-43-75-42-41-74-40-39-73-38-37-72-36-35-71-34-33-70-32-31-69-30-29-68-28-27-67-26-25-66-24-23-58-50-19-17-18-49-54(50)57(65)60(56(49)64)51-21-22-52(61)59-55(51)63/h17-19,51,58H,2-16,20-48H2,1H3,(H,59,61,63). The van der Waals surface area contributed by atoms with Gasteiger partial charge in [0.2, 0.25) is 11.8 Å². The second kappa shape index (κ2) is 49.1. The molecule has 21 nitrogen and oxygen atoms in total. The van der Waals surface area contributed by atoms with Crippen LogP contribution < -0.4 is 10.6 Å². The van der Waals surface area contributed by atoms with Crippen molar-refractivity contribution in [2.75, 3.05) is 177 Å². The molecule has 2 N–H and O–H groups in total. The summed E-state index contributed by atoms with van der Waals surface area (Å²) in [6.45, 7) is 13.5. The zero-order chi connectivity index (χ0) is 55.6. The number of carbonyl (C=O) groups is 5. The Bertz CT molecular complexity index is 1690. The Labute approximate surface area is 464 Å². The third-order valence-corrected chi connectivity index (χ3v) is 12.6. The van der Waals surface area contributed by atoms with Gasteiger partial charge in [0.15, 0.2) is 0 Å². The molecule has 1 fully saturated rings. The molecule has 0 aliphatic carbocycles. The Kier molecular flexibility index (Phi) is 43.2. The van der Waals surface area contributed by atoms with Crippen LogP contribution in [-0.4, -0.2) is 212 Å². The highest BCUT2D eigenvalue weighted by molar-refractivity contribution is 6.25. The maximum atomic E-state index is 13.2. The van der Waals surface area contributed by atoms with Gasteiger partial charge in [-0.2, -0.15) is 0 Å². The molecule has 1 atom stereocenters. The van der Waals surface area contributed by atoms with E-state index in [0.717, 1.165) is 17.7 Å². The van der Waals surface area contributed by atoms with Crippen molar-refractivity contribution in [1.29, 1.82) is 0 Å². The van der Waals surface area contributed by atoms with Gasteiger partial charge in [0.05, 0.1) is 170 Å². The van der Waals surface area contributed by atoms with Crippen LogP contribution in [0.3, 0.4) is 0 Å². The fourth-order valence-corrected chi connectivity index (χ4v) is 8.37. The fraction of sp³-hybridized carbons (Fsp3) is 0.807. The quantitative estimate of drug-likeness (QED) is 0.0402. The van der Waals surface area contributed by atoms with Gasteiger partial charge in [-0.15, -0.1) is 0 Å². The molecule has 3 rings (SSSR count). The van der Waals surface area contributed by atoms with Gasteiger partial charge in [-0.05, 0) is 25.0 Å². The van der Waals surface area contributed by atoms with E-state index in [9.17, 15) is 24.0 Å². The minimum absolute atomic E-state index is 0.0616. The Morgan fingerprint density at radius 3 is 1.22 bits per heavy atom. The Balaban J connectivity index is 0.913. The van der Waals surface area contributed by atoms with E-state index < -0.39 is 29.7 Å². The normalized spacial score (nSPS) is 14.4. The van der Waals surface area contributed by atoms with Crippen LogP contribution in [-0.2, 0) is 76.0 Å². The van der Waals surface area contributed by atoms with Crippen LogP contribution in [0.4, 0.5) is 5.69 Å². The third-order valence-electron chi connectivity index (χ3n) is 12.6. The van der Waals surface area contributed by atoms with Gasteiger partial charge in [-0.3, -0.25) is 34.2 Å². The van der Waals surface area contributed by atoms with Crippen LogP contribution in [0.25, 0.3) is 0 Å². The lowest BCUT2D eigenvalue weighted by molar-refractivity contribution is -0.145. The average Bonchev–Trinajstić information content (AvgIpc) is 3.84. The zero-order valence-electron chi connectivity index (χ0n) is 47.2. The molecule has 0 aromatic heterocycles. The Morgan fingerprint density at radius 2 is 0.833 bits per heavy atom. The highest BCUT2D eigenvalue weighted by Gasteiger charge is 2.45. The summed E-state index contributed by atoms with van der Waals surface area (Å²) in [4.78, 5) is 63.0. The number of rotatable bonds is 57. The Hall–Kier alpha value is -3.71. The third kappa shape index (κ3) is 34.4. The lowest BCUT2D eigenvalue weighted by atomic mass is 10.0. The fourth-order valence-electron chi connectivity index (χ4n) is 8.37. The molecule has 1 aromatic carbocycles. The van der Waals surface area contributed by atoms with Crippen molar-refractivity contribution in [3.05, 3.63) is 29.3 Å². The first-order chi connectivity index (χ1) is 38.4. The second-order valence-corrected chi connectivity index (χ2v) is 18.9. The molecule has 4 amide bonds. The first kappa shape index (κ1) is 68.6. The number of nitrogens with one attached hydrogen (secondary N) is 2. The van der Waals surface area contributed by atoms with E-state index >= 15 is 0 Å². The first-order valence-electron chi connectivity index (χ1n) is 29.1. The molecule has 0 bridgehead atoms. The highest BCUT2D eigenvalue weighted by Crippen LogP contribution is 2.32. The summed E-state index contributed by atoms with van der Waals surface area (Å²) < 4.78 is 71.6. The maximum Gasteiger partial charge on any atom is 0.305 e. The van der Waals surface area contributed by atoms with Crippen LogP contribution in [0.2, 0.25) is 0 Å². The number of fused-ring (bicyclic) bond motifs is 1. The smallest absolute Gasteiger partial charge is 0.305 e. The molecule has 78 heavy (non-hydrogen) atoms. The zero-order valence-corrected chi connectivity index (χ0v) is 47.2. The first-order valence-corrected chi connectivity index (χ1v) is 29.1. The predicted molar refractivity (Wildman–Crippen MR) is 292 cm³/mol. The lowest BCUT2D eigenvalue weighted by Gasteiger charge is -2.27. The number of carbonyl (C=O) groups excluding carboxylic acids is 5. The van der Waals surface area contributed by atoms with E-state index in [-0.39, 0.29) is 36.5 Å². The number of piperidine rings is 1. The molecule has 1 saturated heterocycles. The molecule has 2 heterocycles. The molecule has 2 aliphatic heterocycles. The van der Waals surface area contributed by atoms with E-state index in [1.54, 1.807) is 18.2 Å². The maximum absolute atomic E-state index is 13.2. The number of nitrogens with zero attached hydrogens (tertiary/aromatic N) is 1. The van der Waals surface area contributed by atoms with Crippen molar-refractivity contribution < 1.29 is 85.6 Å². The molecule has 0 saturated carbocycles. The summed E-state index contributed by atoms with van der Waals surface area (Å²) >= 11 is 0. The average molecular weight is 1110 g/mol. The van der Waals surface area contributed by atoms with Gasteiger partial charge < -0.3 is 66.9 Å². The summed E-state index contributed by atoms with van der Waals surface area (Å²) in [5.41, 5.74) is 0.897. The van der Waals surface area contributed by atoms with Crippen molar-refractivity contribution in [1.82, 2.24) is 10.2 Å². The van der Waals surface area contributed by atoms with E-state index in [1.165, 1.54) is 83.5 Å².